The van der Waals surface area contributed by atoms with E-state index < -0.39 is 6.10 Å². The number of aryl methyl sites for hydroxylation is 1. The molecule has 1 heterocycles. The van der Waals surface area contributed by atoms with Gasteiger partial charge in [0.05, 0.1) is 11.7 Å². The average Bonchev–Trinajstić information content (AvgIpc) is 2.88. The second-order valence-corrected chi connectivity index (χ2v) is 6.62. The van der Waals surface area contributed by atoms with Crippen LogP contribution in [0.4, 0.5) is 0 Å². The summed E-state index contributed by atoms with van der Waals surface area (Å²) in [7, 11) is 4.19. The van der Waals surface area contributed by atoms with E-state index in [0.717, 1.165) is 37.3 Å². The summed E-state index contributed by atoms with van der Waals surface area (Å²) < 4.78 is 1.94. The molecule has 0 saturated heterocycles. The van der Waals surface area contributed by atoms with Crippen LogP contribution in [-0.4, -0.2) is 39.4 Å². The molecule has 2 rings (SSSR count). The molecule has 4 nitrogen and oxygen atoms in total. The highest BCUT2D eigenvalue weighted by atomic mass is 16.3. The van der Waals surface area contributed by atoms with Gasteiger partial charge in [-0.1, -0.05) is 13.8 Å². The van der Waals surface area contributed by atoms with Crippen LogP contribution in [0.5, 0.6) is 0 Å². The molecule has 114 valence electrons. The minimum Gasteiger partial charge on any atom is -0.386 e. The topological polar surface area (TPSA) is 41.3 Å². The molecule has 1 unspecified atom stereocenters. The highest BCUT2D eigenvalue weighted by Crippen LogP contribution is 2.43. The van der Waals surface area contributed by atoms with Crippen molar-refractivity contribution in [3.05, 3.63) is 18.0 Å². The van der Waals surface area contributed by atoms with Crippen LogP contribution in [0, 0.1) is 5.92 Å². The van der Waals surface area contributed by atoms with Crippen LogP contribution >= 0.6 is 0 Å². The van der Waals surface area contributed by atoms with Gasteiger partial charge in [0, 0.05) is 18.3 Å². The molecule has 1 aromatic heterocycles. The minimum absolute atomic E-state index is 0.132. The Bertz CT molecular complexity index is 419. The standard InChI is InChI=1S/C16H29N3O/c1-5-10-19-12-14(11-17-19)15(20)16(18(3)4)8-6-13(2)7-9-16/h11-13,15,20H,5-10H2,1-4H3. The van der Waals surface area contributed by atoms with Crippen molar-refractivity contribution in [3.8, 4) is 0 Å². The molecule has 1 atom stereocenters. The molecule has 0 radical (unpaired) electrons. The lowest BCUT2D eigenvalue weighted by molar-refractivity contribution is -0.0408. The maximum absolute atomic E-state index is 10.9. The average molecular weight is 279 g/mol. The molecule has 0 spiro atoms. The number of aliphatic hydroxyl groups is 1. The van der Waals surface area contributed by atoms with Gasteiger partial charge in [0.15, 0.2) is 0 Å². The Labute approximate surface area is 122 Å². The fourth-order valence-corrected chi connectivity index (χ4v) is 3.41. The van der Waals surface area contributed by atoms with Crippen LogP contribution < -0.4 is 0 Å². The van der Waals surface area contributed by atoms with E-state index in [1.54, 1.807) is 0 Å². The third-order valence-corrected chi connectivity index (χ3v) is 4.96. The van der Waals surface area contributed by atoms with E-state index >= 15 is 0 Å². The van der Waals surface area contributed by atoms with Crippen molar-refractivity contribution >= 4 is 0 Å². The third-order valence-electron chi connectivity index (χ3n) is 4.96. The predicted molar refractivity (Wildman–Crippen MR) is 81.5 cm³/mol. The summed E-state index contributed by atoms with van der Waals surface area (Å²) in [6, 6.07) is 0. The molecular formula is C16H29N3O. The van der Waals surface area contributed by atoms with Crippen molar-refractivity contribution in [1.29, 1.82) is 0 Å². The van der Waals surface area contributed by atoms with Gasteiger partial charge < -0.3 is 10.0 Å². The van der Waals surface area contributed by atoms with Crippen molar-refractivity contribution in [2.45, 2.75) is 64.1 Å². The second kappa shape index (κ2) is 6.27. The van der Waals surface area contributed by atoms with Gasteiger partial charge in [0.2, 0.25) is 0 Å². The van der Waals surface area contributed by atoms with Crippen molar-refractivity contribution in [3.63, 3.8) is 0 Å². The molecule has 0 aliphatic heterocycles. The van der Waals surface area contributed by atoms with Gasteiger partial charge in [-0.15, -0.1) is 0 Å². The maximum Gasteiger partial charge on any atom is 0.100 e. The zero-order chi connectivity index (χ0) is 14.8. The maximum atomic E-state index is 10.9. The molecule has 0 amide bonds. The summed E-state index contributed by atoms with van der Waals surface area (Å²) in [5.74, 6) is 0.776. The Morgan fingerprint density at radius 1 is 1.45 bits per heavy atom. The molecule has 1 N–H and O–H groups in total. The van der Waals surface area contributed by atoms with Crippen LogP contribution in [0.2, 0.25) is 0 Å². The minimum atomic E-state index is -0.449. The molecule has 1 aliphatic carbocycles. The first kappa shape index (κ1) is 15.5. The monoisotopic (exact) mass is 279 g/mol. The predicted octanol–water partition coefficient (Wildman–Crippen LogP) is 2.84. The number of aromatic nitrogens is 2. The summed E-state index contributed by atoms with van der Waals surface area (Å²) in [4.78, 5) is 2.22. The summed E-state index contributed by atoms with van der Waals surface area (Å²) >= 11 is 0. The van der Waals surface area contributed by atoms with Gasteiger partial charge in [-0.2, -0.15) is 5.10 Å². The number of nitrogens with zero attached hydrogens (tertiary/aromatic N) is 3. The van der Waals surface area contributed by atoms with E-state index in [0.29, 0.717) is 0 Å². The quantitative estimate of drug-likeness (QED) is 0.901. The molecule has 1 saturated carbocycles. The van der Waals surface area contributed by atoms with E-state index in [2.05, 4.69) is 37.9 Å². The lowest BCUT2D eigenvalue weighted by Gasteiger charge is -2.47. The van der Waals surface area contributed by atoms with Gasteiger partial charge in [0.1, 0.15) is 6.10 Å². The smallest absolute Gasteiger partial charge is 0.100 e. The van der Waals surface area contributed by atoms with Gasteiger partial charge in [-0.3, -0.25) is 4.68 Å². The molecule has 0 bridgehead atoms. The first-order chi connectivity index (χ1) is 9.49. The number of rotatable bonds is 5. The lowest BCUT2D eigenvalue weighted by Crippen LogP contribution is -2.51. The highest BCUT2D eigenvalue weighted by Gasteiger charge is 2.43. The lowest BCUT2D eigenvalue weighted by atomic mass is 9.72. The van der Waals surface area contributed by atoms with E-state index in [9.17, 15) is 5.11 Å². The molecule has 4 heteroatoms. The van der Waals surface area contributed by atoms with Crippen LogP contribution in [0.15, 0.2) is 12.4 Å². The number of hydrogen-bond donors (Lipinski definition) is 1. The summed E-state index contributed by atoms with van der Waals surface area (Å²) in [6.07, 6.45) is 8.96. The largest absolute Gasteiger partial charge is 0.386 e. The van der Waals surface area contributed by atoms with E-state index in [4.69, 9.17) is 0 Å². The van der Waals surface area contributed by atoms with E-state index in [-0.39, 0.29) is 5.54 Å². The normalized spacial score (nSPS) is 28.8. The van der Waals surface area contributed by atoms with Crippen LogP contribution in [0.1, 0.15) is 57.6 Å². The zero-order valence-electron chi connectivity index (χ0n) is 13.3. The summed E-state index contributed by atoms with van der Waals surface area (Å²) in [6.45, 7) is 5.37. The van der Waals surface area contributed by atoms with E-state index in [1.165, 1.54) is 12.8 Å². The number of aliphatic hydroxyl groups excluding tert-OH is 1. The van der Waals surface area contributed by atoms with Crippen molar-refractivity contribution in [2.24, 2.45) is 5.92 Å². The van der Waals surface area contributed by atoms with Crippen molar-refractivity contribution in [1.82, 2.24) is 14.7 Å². The second-order valence-electron chi connectivity index (χ2n) is 6.62. The Balaban J connectivity index is 2.20. The Kier molecular flexibility index (Phi) is 4.86. The summed E-state index contributed by atoms with van der Waals surface area (Å²) in [5.41, 5.74) is 0.828. The molecule has 1 aromatic rings. The highest BCUT2D eigenvalue weighted by molar-refractivity contribution is 5.16. The van der Waals surface area contributed by atoms with Gasteiger partial charge in [-0.05, 0) is 52.1 Å². The van der Waals surface area contributed by atoms with E-state index in [1.807, 2.05) is 17.1 Å². The van der Waals surface area contributed by atoms with Crippen LogP contribution in [0.3, 0.4) is 0 Å². The van der Waals surface area contributed by atoms with Gasteiger partial charge >= 0.3 is 0 Å². The molecule has 20 heavy (non-hydrogen) atoms. The zero-order valence-corrected chi connectivity index (χ0v) is 13.3. The summed E-state index contributed by atoms with van der Waals surface area (Å²) in [5, 5.41) is 15.3. The number of hydrogen-bond acceptors (Lipinski definition) is 3. The van der Waals surface area contributed by atoms with Crippen molar-refractivity contribution in [2.75, 3.05) is 14.1 Å². The molecule has 1 aliphatic rings. The Morgan fingerprint density at radius 2 is 2.10 bits per heavy atom. The van der Waals surface area contributed by atoms with Gasteiger partial charge in [0.25, 0.3) is 0 Å². The first-order valence-corrected chi connectivity index (χ1v) is 7.87. The Hall–Kier alpha value is -0.870. The molecular weight excluding hydrogens is 250 g/mol. The third kappa shape index (κ3) is 2.91. The molecule has 1 fully saturated rings. The van der Waals surface area contributed by atoms with Crippen molar-refractivity contribution < 1.29 is 5.11 Å². The fraction of sp³-hybridized carbons (Fsp3) is 0.812. The Morgan fingerprint density at radius 3 is 2.65 bits per heavy atom. The SMILES string of the molecule is CCCn1cc(C(O)C2(N(C)C)CCC(C)CC2)cn1. The van der Waals surface area contributed by atoms with Crippen LogP contribution in [-0.2, 0) is 6.54 Å². The molecule has 0 aromatic carbocycles. The fourth-order valence-electron chi connectivity index (χ4n) is 3.41. The number of likely N-dealkylation sites (N-methyl/N-ethyl adjacent to an activating group) is 1. The van der Waals surface area contributed by atoms with Crippen LogP contribution in [0.25, 0.3) is 0 Å². The van der Waals surface area contributed by atoms with Gasteiger partial charge in [-0.25, -0.2) is 0 Å². The first-order valence-electron chi connectivity index (χ1n) is 7.87.